The zero-order chi connectivity index (χ0) is 12.6. The summed E-state index contributed by atoms with van der Waals surface area (Å²) in [5, 5.41) is 0. The van der Waals surface area contributed by atoms with E-state index in [2.05, 4.69) is 0 Å². The highest BCUT2D eigenvalue weighted by molar-refractivity contribution is 5.99. The Hall–Kier alpha value is -2.04. The van der Waals surface area contributed by atoms with Crippen molar-refractivity contribution in [2.75, 3.05) is 11.9 Å². The fraction of sp³-hybridized carbons (Fsp3) is 0.333. The van der Waals surface area contributed by atoms with Crippen LogP contribution in [0.25, 0.3) is 0 Å². The van der Waals surface area contributed by atoms with E-state index >= 15 is 0 Å². The van der Waals surface area contributed by atoms with Crippen LogP contribution in [0.2, 0.25) is 0 Å². The van der Waals surface area contributed by atoms with Crippen LogP contribution in [-0.4, -0.2) is 25.0 Å². The van der Waals surface area contributed by atoms with E-state index in [9.17, 15) is 9.59 Å². The maximum Gasteiger partial charge on any atom is 0.267 e. The summed E-state index contributed by atoms with van der Waals surface area (Å²) in [4.78, 5) is 24.1. The Kier molecular flexibility index (Phi) is 2.75. The minimum atomic E-state index is -0.477. The highest BCUT2D eigenvalue weighted by Crippen LogP contribution is 2.33. The second-order valence-electron chi connectivity index (χ2n) is 4.10. The number of ether oxygens (including phenoxy) is 1. The van der Waals surface area contributed by atoms with E-state index in [4.69, 9.17) is 10.5 Å². The quantitative estimate of drug-likeness (QED) is 0.807. The summed E-state index contributed by atoms with van der Waals surface area (Å²) in [5.41, 5.74) is 6.58. The SMILES string of the molecule is CC1Oc2ccc(CC(N)=O)cc2N(C)C1=O. The molecule has 2 amide bonds. The predicted molar refractivity (Wildman–Crippen MR) is 62.8 cm³/mol. The van der Waals surface area contributed by atoms with Crippen molar-refractivity contribution in [2.24, 2.45) is 5.73 Å². The molecular weight excluding hydrogens is 220 g/mol. The summed E-state index contributed by atoms with van der Waals surface area (Å²) in [6, 6.07) is 5.29. The Labute approximate surface area is 99.2 Å². The van der Waals surface area contributed by atoms with Crippen LogP contribution in [0.1, 0.15) is 12.5 Å². The Bertz CT molecular complexity index is 485. The molecular formula is C12H14N2O3. The third-order valence-electron chi connectivity index (χ3n) is 2.75. The summed E-state index contributed by atoms with van der Waals surface area (Å²) in [6.07, 6.45) is -0.320. The van der Waals surface area contributed by atoms with Crippen LogP contribution in [0.3, 0.4) is 0 Å². The molecule has 0 radical (unpaired) electrons. The van der Waals surface area contributed by atoms with Crippen molar-refractivity contribution in [1.82, 2.24) is 0 Å². The normalized spacial score (nSPS) is 18.6. The molecule has 1 unspecified atom stereocenters. The van der Waals surface area contributed by atoms with Crippen LogP contribution >= 0.6 is 0 Å². The summed E-state index contributed by atoms with van der Waals surface area (Å²) < 4.78 is 5.47. The monoisotopic (exact) mass is 234 g/mol. The van der Waals surface area contributed by atoms with Crippen molar-refractivity contribution in [3.8, 4) is 5.75 Å². The number of nitrogens with two attached hydrogens (primary N) is 1. The summed E-state index contributed by atoms with van der Waals surface area (Å²) in [5.74, 6) is 0.144. The average molecular weight is 234 g/mol. The number of carbonyl (C=O) groups is 2. The van der Waals surface area contributed by atoms with Crippen molar-refractivity contribution in [3.63, 3.8) is 0 Å². The molecule has 90 valence electrons. The minimum absolute atomic E-state index is 0.103. The number of primary amides is 1. The fourth-order valence-electron chi connectivity index (χ4n) is 1.87. The van der Waals surface area contributed by atoms with Crippen LogP contribution in [-0.2, 0) is 16.0 Å². The van der Waals surface area contributed by atoms with Gasteiger partial charge in [0.15, 0.2) is 6.10 Å². The largest absolute Gasteiger partial charge is 0.479 e. The van der Waals surface area contributed by atoms with E-state index in [0.29, 0.717) is 11.4 Å². The maximum absolute atomic E-state index is 11.7. The molecule has 1 atom stereocenters. The topological polar surface area (TPSA) is 72.6 Å². The molecule has 17 heavy (non-hydrogen) atoms. The molecule has 0 aliphatic carbocycles. The number of anilines is 1. The lowest BCUT2D eigenvalue weighted by Gasteiger charge is -2.30. The number of rotatable bonds is 2. The van der Waals surface area contributed by atoms with Crippen LogP contribution < -0.4 is 15.4 Å². The predicted octanol–water partition coefficient (Wildman–Crippen LogP) is 0.458. The molecule has 1 aromatic rings. The first kappa shape index (κ1) is 11.4. The second-order valence-corrected chi connectivity index (χ2v) is 4.10. The van der Waals surface area contributed by atoms with Gasteiger partial charge in [0.1, 0.15) is 5.75 Å². The molecule has 0 saturated carbocycles. The van der Waals surface area contributed by atoms with Crippen molar-refractivity contribution in [2.45, 2.75) is 19.4 Å². The molecule has 1 aliphatic heterocycles. The Morgan fingerprint density at radius 3 is 2.88 bits per heavy atom. The molecule has 0 saturated heterocycles. The van der Waals surface area contributed by atoms with Gasteiger partial charge in [0.2, 0.25) is 5.91 Å². The zero-order valence-electron chi connectivity index (χ0n) is 9.77. The van der Waals surface area contributed by atoms with E-state index in [1.807, 2.05) is 0 Å². The molecule has 5 nitrogen and oxygen atoms in total. The van der Waals surface area contributed by atoms with Gasteiger partial charge in [-0.1, -0.05) is 6.07 Å². The van der Waals surface area contributed by atoms with Crippen molar-refractivity contribution < 1.29 is 14.3 Å². The van der Waals surface area contributed by atoms with E-state index < -0.39 is 12.0 Å². The summed E-state index contributed by atoms with van der Waals surface area (Å²) in [7, 11) is 1.69. The molecule has 2 N–H and O–H groups in total. The van der Waals surface area contributed by atoms with Gasteiger partial charge in [-0.3, -0.25) is 9.59 Å². The number of likely N-dealkylation sites (N-methyl/N-ethyl adjacent to an activating group) is 1. The Morgan fingerprint density at radius 2 is 2.24 bits per heavy atom. The van der Waals surface area contributed by atoms with Crippen LogP contribution in [0.4, 0.5) is 5.69 Å². The standard InChI is InChI=1S/C12H14N2O3/c1-7-12(16)14(2)9-5-8(6-11(13)15)3-4-10(9)17-7/h3-5,7H,6H2,1-2H3,(H2,13,15). The van der Waals surface area contributed by atoms with Gasteiger partial charge < -0.3 is 15.4 Å². The first-order valence-electron chi connectivity index (χ1n) is 5.34. The van der Waals surface area contributed by atoms with E-state index in [0.717, 1.165) is 5.56 Å². The average Bonchev–Trinajstić information content (AvgIpc) is 2.26. The highest BCUT2D eigenvalue weighted by Gasteiger charge is 2.28. The van der Waals surface area contributed by atoms with Crippen LogP contribution in [0, 0.1) is 0 Å². The van der Waals surface area contributed by atoms with Gasteiger partial charge in [0.25, 0.3) is 5.91 Å². The van der Waals surface area contributed by atoms with Gasteiger partial charge in [-0.15, -0.1) is 0 Å². The van der Waals surface area contributed by atoms with Crippen LogP contribution in [0.5, 0.6) is 5.75 Å². The number of hydrogen-bond acceptors (Lipinski definition) is 3. The third-order valence-corrected chi connectivity index (χ3v) is 2.75. The molecule has 1 aromatic carbocycles. The Morgan fingerprint density at radius 1 is 1.53 bits per heavy atom. The van der Waals surface area contributed by atoms with Gasteiger partial charge in [0.05, 0.1) is 12.1 Å². The van der Waals surface area contributed by atoms with Crippen molar-refractivity contribution in [3.05, 3.63) is 23.8 Å². The highest BCUT2D eigenvalue weighted by atomic mass is 16.5. The lowest BCUT2D eigenvalue weighted by Crippen LogP contribution is -2.42. The number of fused-ring (bicyclic) bond motifs is 1. The first-order valence-corrected chi connectivity index (χ1v) is 5.34. The number of benzene rings is 1. The van der Waals surface area contributed by atoms with E-state index in [1.165, 1.54) is 4.90 Å². The van der Waals surface area contributed by atoms with Gasteiger partial charge in [-0.05, 0) is 24.6 Å². The Balaban J connectivity index is 2.38. The molecule has 5 heteroatoms. The molecule has 0 bridgehead atoms. The first-order chi connectivity index (χ1) is 7.99. The van der Waals surface area contributed by atoms with Gasteiger partial charge in [-0.2, -0.15) is 0 Å². The van der Waals surface area contributed by atoms with E-state index in [1.54, 1.807) is 32.2 Å². The molecule has 0 spiro atoms. The maximum atomic E-state index is 11.7. The molecule has 1 heterocycles. The van der Waals surface area contributed by atoms with Crippen molar-refractivity contribution >= 4 is 17.5 Å². The molecule has 0 aromatic heterocycles. The van der Waals surface area contributed by atoms with E-state index in [-0.39, 0.29) is 12.3 Å². The second kappa shape index (κ2) is 4.08. The number of hydrogen-bond donors (Lipinski definition) is 1. The smallest absolute Gasteiger partial charge is 0.267 e. The molecule has 0 fully saturated rings. The molecule has 1 aliphatic rings. The zero-order valence-corrected chi connectivity index (χ0v) is 9.77. The van der Waals surface area contributed by atoms with Gasteiger partial charge in [0, 0.05) is 7.05 Å². The van der Waals surface area contributed by atoms with Crippen molar-refractivity contribution in [1.29, 1.82) is 0 Å². The van der Waals surface area contributed by atoms with Crippen LogP contribution in [0.15, 0.2) is 18.2 Å². The van der Waals surface area contributed by atoms with Gasteiger partial charge in [-0.25, -0.2) is 0 Å². The van der Waals surface area contributed by atoms with Gasteiger partial charge >= 0.3 is 0 Å². The molecule has 2 rings (SSSR count). The number of carbonyl (C=O) groups excluding carboxylic acids is 2. The summed E-state index contributed by atoms with van der Waals surface area (Å²) >= 11 is 0. The number of nitrogens with zero attached hydrogens (tertiary/aromatic N) is 1. The lowest BCUT2D eigenvalue weighted by atomic mass is 10.1. The minimum Gasteiger partial charge on any atom is -0.479 e. The summed E-state index contributed by atoms with van der Waals surface area (Å²) in [6.45, 7) is 1.71. The number of amides is 2. The fourth-order valence-corrected chi connectivity index (χ4v) is 1.87. The third kappa shape index (κ3) is 2.08. The lowest BCUT2D eigenvalue weighted by molar-refractivity contribution is -0.125.